The van der Waals surface area contributed by atoms with Gasteiger partial charge in [-0.1, -0.05) is 44.9 Å². The molecule has 2 N–H and O–H groups in total. The average Bonchev–Trinajstić information content (AvgIpc) is 2.33. The fourth-order valence-electron chi connectivity index (χ4n) is 2.15. The number of unbranched alkanes of at least 4 members (excludes halogenated alkanes) is 2. The van der Waals surface area contributed by atoms with Crippen LogP contribution in [0.5, 0.6) is 0 Å². The Morgan fingerprint density at radius 1 is 0.938 bits per heavy atom. The predicted octanol–water partition coefficient (Wildman–Crippen LogP) is 3.83. The molecule has 0 saturated heterocycles. The van der Waals surface area contributed by atoms with Crippen molar-refractivity contribution >= 4 is 0 Å². The molecule has 1 nitrogen and oxygen atoms in total. The first-order valence-electron chi connectivity index (χ1n) is 6.63. The SMILES string of the molecule is CCCCc1cccc(CCCC)c1CN. The zero-order valence-corrected chi connectivity index (χ0v) is 10.8. The first-order chi connectivity index (χ1) is 7.83. The highest BCUT2D eigenvalue weighted by Crippen LogP contribution is 2.18. The second-order valence-corrected chi connectivity index (χ2v) is 4.47. The minimum Gasteiger partial charge on any atom is -0.326 e. The molecule has 0 unspecified atom stereocenters. The Bertz CT molecular complexity index is 278. The molecule has 0 aliphatic rings. The van der Waals surface area contributed by atoms with Gasteiger partial charge in [-0.05, 0) is 42.4 Å². The number of hydrogen-bond donors (Lipinski definition) is 1. The first-order valence-corrected chi connectivity index (χ1v) is 6.63. The third kappa shape index (κ3) is 3.64. The standard InChI is InChI=1S/C15H25N/c1-3-5-8-13-10-7-11-14(9-6-4-2)15(13)12-16/h7,10-11H,3-6,8-9,12,16H2,1-2H3. The summed E-state index contributed by atoms with van der Waals surface area (Å²) in [5, 5.41) is 0. The Kier molecular flexibility index (Phi) is 6.17. The third-order valence-electron chi connectivity index (χ3n) is 3.17. The van der Waals surface area contributed by atoms with Gasteiger partial charge in [0.25, 0.3) is 0 Å². The highest BCUT2D eigenvalue weighted by molar-refractivity contribution is 5.35. The van der Waals surface area contributed by atoms with Crippen LogP contribution in [0.3, 0.4) is 0 Å². The van der Waals surface area contributed by atoms with Gasteiger partial charge >= 0.3 is 0 Å². The van der Waals surface area contributed by atoms with Crippen LogP contribution in [0.1, 0.15) is 56.2 Å². The van der Waals surface area contributed by atoms with E-state index >= 15 is 0 Å². The molecule has 0 radical (unpaired) electrons. The molecule has 0 aliphatic heterocycles. The van der Waals surface area contributed by atoms with E-state index in [9.17, 15) is 0 Å². The summed E-state index contributed by atoms with van der Waals surface area (Å²) >= 11 is 0. The van der Waals surface area contributed by atoms with Crippen LogP contribution in [0.15, 0.2) is 18.2 Å². The van der Waals surface area contributed by atoms with Gasteiger partial charge in [0, 0.05) is 6.54 Å². The lowest BCUT2D eigenvalue weighted by atomic mass is 9.94. The van der Waals surface area contributed by atoms with E-state index in [1.807, 2.05) is 0 Å². The topological polar surface area (TPSA) is 26.0 Å². The Balaban J connectivity index is 2.82. The summed E-state index contributed by atoms with van der Waals surface area (Å²) in [5.74, 6) is 0. The Hall–Kier alpha value is -0.820. The molecule has 0 spiro atoms. The monoisotopic (exact) mass is 219 g/mol. The molecule has 90 valence electrons. The smallest absolute Gasteiger partial charge is 0.0183 e. The molecular weight excluding hydrogens is 194 g/mol. The van der Waals surface area contributed by atoms with Gasteiger partial charge in [-0.3, -0.25) is 0 Å². The van der Waals surface area contributed by atoms with Crippen LogP contribution in [-0.4, -0.2) is 0 Å². The maximum Gasteiger partial charge on any atom is 0.0183 e. The minimum absolute atomic E-state index is 0.693. The van der Waals surface area contributed by atoms with Crippen molar-refractivity contribution in [3.8, 4) is 0 Å². The number of rotatable bonds is 7. The van der Waals surface area contributed by atoms with E-state index in [1.165, 1.54) is 55.2 Å². The molecule has 0 atom stereocenters. The zero-order valence-electron chi connectivity index (χ0n) is 10.8. The summed E-state index contributed by atoms with van der Waals surface area (Å²) in [6.07, 6.45) is 7.41. The predicted molar refractivity (Wildman–Crippen MR) is 71.6 cm³/mol. The van der Waals surface area contributed by atoms with Crippen molar-refractivity contribution in [3.63, 3.8) is 0 Å². The Morgan fingerprint density at radius 3 is 1.81 bits per heavy atom. The normalized spacial score (nSPS) is 10.7. The van der Waals surface area contributed by atoms with E-state index in [-0.39, 0.29) is 0 Å². The summed E-state index contributed by atoms with van der Waals surface area (Å²) in [7, 11) is 0. The van der Waals surface area contributed by atoms with Crippen molar-refractivity contribution in [2.45, 2.75) is 58.9 Å². The third-order valence-corrected chi connectivity index (χ3v) is 3.17. The quantitative estimate of drug-likeness (QED) is 0.741. The van der Waals surface area contributed by atoms with Crippen molar-refractivity contribution in [3.05, 3.63) is 34.9 Å². The second kappa shape index (κ2) is 7.45. The summed E-state index contributed by atoms with van der Waals surface area (Å²) in [6, 6.07) is 6.68. The van der Waals surface area contributed by atoms with E-state index in [2.05, 4.69) is 32.0 Å². The molecule has 1 heteroatoms. The van der Waals surface area contributed by atoms with Crippen molar-refractivity contribution < 1.29 is 0 Å². The lowest BCUT2D eigenvalue weighted by molar-refractivity contribution is 0.763. The van der Waals surface area contributed by atoms with Gasteiger partial charge in [0.1, 0.15) is 0 Å². The Morgan fingerprint density at radius 2 is 1.44 bits per heavy atom. The molecule has 0 saturated carbocycles. The molecule has 0 aliphatic carbocycles. The highest BCUT2D eigenvalue weighted by atomic mass is 14.5. The molecule has 16 heavy (non-hydrogen) atoms. The van der Waals surface area contributed by atoms with Crippen LogP contribution in [0, 0.1) is 0 Å². The number of nitrogens with two attached hydrogens (primary N) is 1. The second-order valence-electron chi connectivity index (χ2n) is 4.47. The minimum atomic E-state index is 0.693. The van der Waals surface area contributed by atoms with Crippen molar-refractivity contribution in [1.29, 1.82) is 0 Å². The van der Waals surface area contributed by atoms with Crippen molar-refractivity contribution in [2.24, 2.45) is 5.73 Å². The van der Waals surface area contributed by atoms with Gasteiger partial charge in [0.2, 0.25) is 0 Å². The van der Waals surface area contributed by atoms with Gasteiger partial charge in [-0.2, -0.15) is 0 Å². The fourth-order valence-corrected chi connectivity index (χ4v) is 2.15. The lowest BCUT2D eigenvalue weighted by Gasteiger charge is -2.13. The number of hydrogen-bond acceptors (Lipinski definition) is 1. The van der Waals surface area contributed by atoms with Gasteiger partial charge in [-0.25, -0.2) is 0 Å². The largest absolute Gasteiger partial charge is 0.326 e. The maximum atomic E-state index is 5.89. The number of aryl methyl sites for hydroxylation is 2. The van der Waals surface area contributed by atoms with E-state index in [0.29, 0.717) is 6.54 Å². The van der Waals surface area contributed by atoms with Gasteiger partial charge in [0.15, 0.2) is 0 Å². The van der Waals surface area contributed by atoms with E-state index in [4.69, 9.17) is 5.73 Å². The van der Waals surface area contributed by atoms with Crippen LogP contribution in [-0.2, 0) is 19.4 Å². The van der Waals surface area contributed by atoms with Crippen molar-refractivity contribution in [1.82, 2.24) is 0 Å². The van der Waals surface area contributed by atoms with E-state index < -0.39 is 0 Å². The van der Waals surface area contributed by atoms with E-state index in [0.717, 1.165) is 0 Å². The summed E-state index contributed by atoms with van der Waals surface area (Å²) < 4.78 is 0. The molecule has 0 aromatic heterocycles. The van der Waals surface area contributed by atoms with Gasteiger partial charge < -0.3 is 5.73 Å². The molecule has 0 fully saturated rings. The van der Waals surface area contributed by atoms with Crippen LogP contribution < -0.4 is 5.73 Å². The molecule has 0 heterocycles. The maximum absolute atomic E-state index is 5.89. The summed E-state index contributed by atoms with van der Waals surface area (Å²) in [6.45, 7) is 5.17. The summed E-state index contributed by atoms with van der Waals surface area (Å²) in [4.78, 5) is 0. The van der Waals surface area contributed by atoms with Gasteiger partial charge in [-0.15, -0.1) is 0 Å². The van der Waals surface area contributed by atoms with Crippen LogP contribution in [0.4, 0.5) is 0 Å². The molecule has 0 bridgehead atoms. The van der Waals surface area contributed by atoms with Crippen LogP contribution in [0.25, 0.3) is 0 Å². The molecule has 1 aromatic rings. The Labute approximate surface area is 100 Å². The first kappa shape index (κ1) is 13.2. The van der Waals surface area contributed by atoms with E-state index in [1.54, 1.807) is 0 Å². The molecule has 0 amide bonds. The van der Waals surface area contributed by atoms with Gasteiger partial charge in [0.05, 0.1) is 0 Å². The molecule has 1 aromatic carbocycles. The lowest BCUT2D eigenvalue weighted by Crippen LogP contribution is -2.06. The zero-order chi connectivity index (χ0) is 11.8. The van der Waals surface area contributed by atoms with Crippen LogP contribution in [0.2, 0.25) is 0 Å². The average molecular weight is 219 g/mol. The number of benzene rings is 1. The van der Waals surface area contributed by atoms with Crippen LogP contribution >= 0.6 is 0 Å². The van der Waals surface area contributed by atoms with Crippen molar-refractivity contribution in [2.75, 3.05) is 0 Å². The summed E-state index contributed by atoms with van der Waals surface area (Å²) in [5.41, 5.74) is 10.2. The highest BCUT2D eigenvalue weighted by Gasteiger charge is 2.05. The molecular formula is C15H25N. The fraction of sp³-hybridized carbons (Fsp3) is 0.600. The molecule has 1 rings (SSSR count).